The van der Waals surface area contributed by atoms with Crippen LogP contribution in [0.15, 0.2) is 109 Å². The Balaban J connectivity index is 2.68. The van der Waals surface area contributed by atoms with Gasteiger partial charge < -0.3 is 39.0 Å². The normalized spacial score (nSPS) is 18.5. The van der Waals surface area contributed by atoms with Gasteiger partial charge in [0.1, 0.15) is 18.8 Å². The molecule has 0 aromatic rings. The van der Waals surface area contributed by atoms with Crippen LogP contribution >= 0.6 is 0 Å². The number of rotatable bonds is 53. The maximum absolute atomic E-state index is 13.1. The van der Waals surface area contributed by atoms with E-state index in [4.69, 9.17) is 23.7 Å². The molecule has 81 heavy (non-hydrogen) atoms. The average molecular weight is 1130 g/mol. The van der Waals surface area contributed by atoms with Crippen molar-refractivity contribution in [3.8, 4) is 0 Å². The van der Waals surface area contributed by atoms with Gasteiger partial charge in [-0.1, -0.05) is 226 Å². The molecule has 1 rings (SSSR count). The minimum absolute atomic E-state index is 0.0335. The molecule has 1 fully saturated rings. The lowest BCUT2D eigenvalue weighted by molar-refractivity contribution is -0.301. The fourth-order valence-corrected chi connectivity index (χ4v) is 8.95. The topological polar surface area (TPSA) is 175 Å². The number of carbonyl (C=O) groups excluding carboxylic acids is 3. The molecule has 0 bridgehead atoms. The molecule has 0 spiro atoms. The molecule has 460 valence electrons. The number of carboxylic acids is 1. The molecule has 12 heteroatoms. The van der Waals surface area contributed by atoms with Crippen molar-refractivity contribution in [3.05, 3.63) is 109 Å². The summed E-state index contributed by atoms with van der Waals surface area (Å²) in [4.78, 5) is 51.2. The molecule has 1 aliphatic rings. The number of hydrogen-bond donors (Lipinski definition) is 3. The lowest BCUT2D eigenvalue weighted by Gasteiger charge is -2.40. The predicted octanol–water partition coefficient (Wildman–Crippen LogP) is 17.0. The van der Waals surface area contributed by atoms with Crippen molar-refractivity contribution in [3.63, 3.8) is 0 Å². The van der Waals surface area contributed by atoms with Crippen molar-refractivity contribution in [1.29, 1.82) is 0 Å². The van der Waals surface area contributed by atoms with E-state index in [1.54, 1.807) is 0 Å². The zero-order chi connectivity index (χ0) is 58.9. The van der Waals surface area contributed by atoms with E-state index >= 15 is 0 Å². The number of esters is 3. The summed E-state index contributed by atoms with van der Waals surface area (Å²) in [6.45, 7) is 5.76. The van der Waals surface area contributed by atoms with E-state index in [1.165, 1.54) is 77.0 Å². The van der Waals surface area contributed by atoms with E-state index in [2.05, 4.69) is 118 Å². The van der Waals surface area contributed by atoms with Gasteiger partial charge in [-0.3, -0.25) is 14.4 Å². The Hall–Kier alpha value is -4.62. The largest absolute Gasteiger partial charge is 0.479 e. The van der Waals surface area contributed by atoms with Crippen molar-refractivity contribution in [2.45, 2.75) is 289 Å². The number of unbranched alkanes of at least 4 members (excludes halogenated alkanes) is 21. The number of hydrogen-bond acceptors (Lipinski definition) is 11. The van der Waals surface area contributed by atoms with Crippen LogP contribution in [0.1, 0.15) is 252 Å². The monoisotopic (exact) mass is 1130 g/mol. The molecule has 0 radical (unpaired) electrons. The van der Waals surface area contributed by atoms with Gasteiger partial charge in [0, 0.05) is 19.3 Å². The molecule has 3 N–H and O–H groups in total. The smallest absolute Gasteiger partial charge is 0.335 e. The zero-order valence-corrected chi connectivity index (χ0v) is 50.7. The second kappa shape index (κ2) is 55.9. The third kappa shape index (κ3) is 45.6. The summed E-state index contributed by atoms with van der Waals surface area (Å²) in [6, 6.07) is 0. The van der Waals surface area contributed by atoms with Crippen LogP contribution in [-0.4, -0.2) is 89.2 Å². The van der Waals surface area contributed by atoms with Gasteiger partial charge in [-0.05, 0) is 116 Å². The average Bonchev–Trinajstić information content (AvgIpc) is 3.54. The Morgan fingerprint density at radius 2 is 0.802 bits per heavy atom. The van der Waals surface area contributed by atoms with Crippen LogP contribution in [0, 0.1) is 0 Å². The summed E-state index contributed by atoms with van der Waals surface area (Å²) in [5, 5.41) is 31.6. The zero-order valence-electron chi connectivity index (χ0n) is 50.7. The minimum Gasteiger partial charge on any atom is -0.479 e. The standard InChI is InChI=1S/C69H112O12/c1-4-7-10-13-16-19-22-25-27-29-31-33-35-38-40-43-46-49-52-55-61(70)77-58-60(79-62(71)56-53-50-47-44-41-37-24-21-18-15-12-9-6-3)59-78-69-67(65(74)64(73)66(81-69)68(75)76)80-63(72)57-54-51-48-45-42-39-36-34-32-30-28-26-23-20-17-14-11-8-5-2/h9,12,16-21,25-28,31,33,37,41,47,50,60,64-67,69,73-74H,4-8,10-11,13-15,22-24,29-30,32,34-36,38-40,42-46,48-49,51-59H2,1-3H3,(H,75,76)/b12-9-,19-16-,20-17-,21-18-,27-25-,28-26-,33-31-,41-37-,50-47-. The van der Waals surface area contributed by atoms with Gasteiger partial charge in [0.15, 0.2) is 24.6 Å². The van der Waals surface area contributed by atoms with Gasteiger partial charge in [-0.25, -0.2) is 4.79 Å². The Bertz CT molecular complexity index is 1820. The van der Waals surface area contributed by atoms with Gasteiger partial charge in [0.2, 0.25) is 0 Å². The van der Waals surface area contributed by atoms with Gasteiger partial charge in [0.05, 0.1) is 6.61 Å². The summed E-state index contributed by atoms with van der Waals surface area (Å²) in [5.41, 5.74) is 0. The number of allylic oxidation sites excluding steroid dienone is 18. The molecule has 6 unspecified atom stereocenters. The highest BCUT2D eigenvalue weighted by atomic mass is 16.7. The molecule has 0 aromatic heterocycles. The predicted molar refractivity (Wildman–Crippen MR) is 330 cm³/mol. The maximum atomic E-state index is 13.1. The third-order valence-corrected chi connectivity index (χ3v) is 13.8. The first-order valence-electron chi connectivity index (χ1n) is 31.9. The quantitative estimate of drug-likeness (QED) is 0.0228. The van der Waals surface area contributed by atoms with E-state index in [-0.39, 0.29) is 25.9 Å². The van der Waals surface area contributed by atoms with Crippen molar-refractivity contribution < 1.29 is 58.2 Å². The number of ether oxygens (including phenoxy) is 5. The lowest BCUT2D eigenvalue weighted by atomic mass is 9.98. The molecular weight excluding hydrogens is 1020 g/mol. The van der Waals surface area contributed by atoms with Crippen molar-refractivity contribution >= 4 is 23.9 Å². The highest BCUT2D eigenvalue weighted by Gasteiger charge is 2.50. The SMILES string of the molecule is CC/C=C\C/C=C\C/C=C\C/C=C\CCC(=O)OC(COC(=O)CCCCCCCC/C=C\C/C=C\C/C=C\CCCCC)COC1OC(C(=O)O)C(O)C(O)C1OC(=O)CCCCCCCCCCC/C=C\C/C=C\CCCCC. The fraction of sp³-hybridized carbons (Fsp3) is 0.681. The second-order valence-electron chi connectivity index (χ2n) is 21.3. The molecule has 12 nitrogen and oxygen atoms in total. The summed E-state index contributed by atoms with van der Waals surface area (Å²) in [7, 11) is 0. The first-order valence-corrected chi connectivity index (χ1v) is 31.9. The van der Waals surface area contributed by atoms with Crippen molar-refractivity contribution in [2.24, 2.45) is 0 Å². The lowest BCUT2D eigenvalue weighted by Crippen LogP contribution is -2.61. The van der Waals surface area contributed by atoms with Crippen molar-refractivity contribution in [1.82, 2.24) is 0 Å². The molecule has 0 aliphatic carbocycles. The maximum Gasteiger partial charge on any atom is 0.335 e. The molecule has 0 amide bonds. The van der Waals surface area contributed by atoms with E-state index < -0.39 is 67.3 Å². The molecule has 1 aliphatic heterocycles. The van der Waals surface area contributed by atoms with Crippen LogP contribution in [0.5, 0.6) is 0 Å². The number of aliphatic hydroxyl groups excluding tert-OH is 2. The summed E-state index contributed by atoms with van der Waals surface area (Å²) >= 11 is 0. The third-order valence-electron chi connectivity index (χ3n) is 13.8. The summed E-state index contributed by atoms with van der Waals surface area (Å²) < 4.78 is 28.4. The van der Waals surface area contributed by atoms with Crippen LogP contribution in [0.25, 0.3) is 0 Å². The highest BCUT2D eigenvalue weighted by Crippen LogP contribution is 2.26. The van der Waals surface area contributed by atoms with Crippen LogP contribution in [0.3, 0.4) is 0 Å². The molecule has 0 saturated carbocycles. The van der Waals surface area contributed by atoms with E-state index in [9.17, 15) is 34.5 Å². The molecule has 6 atom stereocenters. The minimum atomic E-state index is -1.92. The van der Waals surface area contributed by atoms with Gasteiger partial charge in [-0.2, -0.15) is 0 Å². The summed E-state index contributed by atoms with van der Waals surface area (Å²) in [6.07, 6.45) is 63.5. The van der Waals surface area contributed by atoms with Crippen LogP contribution in [-0.2, 0) is 42.9 Å². The van der Waals surface area contributed by atoms with E-state index in [0.29, 0.717) is 25.7 Å². The number of carbonyl (C=O) groups is 4. The highest BCUT2D eigenvalue weighted by molar-refractivity contribution is 5.74. The second-order valence-corrected chi connectivity index (χ2v) is 21.3. The Morgan fingerprint density at radius 3 is 1.23 bits per heavy atom. The van der Waals surface area contributed by atoms with Crippen LogP contribution < -0.4 is 0 Å². The number of aliphatic carboxylic acids is 1. The first kappa shape index (κ1) is 74.4. The Morgan fingerprint density at radius 1 is 0.420 bits per heavy atom. The van der Waals surface area contributed by atoms with Gasteiger partial charge >= 0.3 is 23.9 Å². The van der Waals surface area contributed by atoms with Crippen LogP contribution in [0.4, 0.5) is 0 Å². The molecule has 0 aromatic carbocycles. The first-order chi connectivity index (χ1) is 39.6. The Labute approximate surface area is 491 Å². The fourth-order valence-electron chi connectivity index (χ4n) is 8.95. The number of aliphatic hydroxyl groups is 2. The van der Waals surface area contributed by atoms with Crippen LogP contribution in [0.2, 0.25) is 0 Å². The number of carboxylic acid groups (broad SMARTS) is 1. The van der Waals surface area contributed by atoms with E-state index in [0.717, 1.165) is 109 Å². The van der Waals surface area contributed by atoms with Gasteiger partial charge in [-0.15, -0.1) is 0 Å². The Kier molecular flexibility index (Phi) is 51.3. The van der Waals surface area contributed by atoms with Gasteiger partial charge in [0.25, 0.3) is 0 Å². The molecule has 1 heterocycles. The van der Waals surface area contributed by atoms with Crippen molar-refractivity contribution in [2.75, 3.05) is 13.2 Å². The summed E-state index contributed by atoms with van der Waals surface area (Å²) in [5.74, 6) is -3.26. The van der Waals surface area contributed by atoms with E-state index in [1.807, 2.05) is 12.2 Å². The molecular formula is C69H112O12. The molecule has 1 saturated heterocycles.